The lowest BCUT2D eigenvalue weighted by molar-refractivity contribution is 0.0931. The van der Waals surface area contributed by atoms with Gasteiger partial charge in [-0.2, -0.15) is 0 Å². The lowest BCUT2D eigenvalue weighted by atomic mass is 9.92. The third-order valence-corrected chi connectivity index (χ3v) is 5.01. The molecule has 2 N–H and O–H groups in total. The summed E-state index contributed by atoms with van der Waals surface area (Å²) in [6, 6.07) is 12.4. The van der Waals surface area contributed by atoms with E-state index in [1.54, 1.807) is 30.0 Å². The van der Waals surface area contributed by atoms with E-state index in [0.717, 1.165) is 27.7 Å². The molecule has 0 radical (unpaired) electrons. The van der Waals surface area contributed by atoms with E-state index in [9.17, 15) is 9.90 Å². The minimum absolute atomic E-state index is 0.164. The van der Waals surface area contributed by atoms with Gasteiger partial charge in [0.15, 0.2) is 0 Å². The van der Waals surface area contributed by atoms with Gasteiger partial charge in [-0.3, -0.25) is 4.90 Å². The predicted octanol–water partition coefficient (Wildman–Crippen LogP) is 4.63. The summed E-state index contributed by atoms with van der Waals surface area (Å²) in [5, 5.41) is 11.7. The molecule has 1 atom stereocenters. The Kier molecular flexibility index (Phi) is 4.24. The van der Waals surface area contributed by atoms with Crippen LogP contribution in [0.25, 0.3) is 10.9 Å². The maximum absolute atomic E-state index is 12.6. The van der Waals surface area contributed by atoms with Gasteiger partial charge >= 0.3 is 6.09 Å². The second kappa shape index (κ2) is 6.57. The van der Waals surface area contributed by atoms with Crippen molar-refractivity contribution < 1.29 is 14.6 Å². The van der Waals surface area contributed by atoms with Gasteiger partial charge in [0.1, 0.15) is 11.8 Å². The summed E-state index contributed by atoms with van der Waals surface area (Å²) in [7, 11) is 0. The first-order chi connectivity index (χ1) is 12.6. The summed E-state index contributed by atoms with van der Waals surface area (Å²) < 4.78 is 5.26. The van der Waals surface area contributed by atoms with Crippen molar-refractivity contribution in [3.05, 3.63) is 64.3 Å². The summed E-state index contributed by atoms with van der Waals surface area (Å²) in [5.74, 6) is 0.164. The lowest BCUT2D eigenvalue weighted by Gasteiger charge is -2.35. The zero-order valence-electron chi connectivity index (χ0n) is 14.3. The Labute approximate surface area is 156 Å². The van der Waals surface area contributed by atoms with E-state index in [4.69, 9.17) is 16.3 Å². The van der Waals surface area contributed by atoms with E-state index in [0.29, 0.717) is 24.6 Å². The zero-order chi connectivity index (χ0) is 18.3. The number of aromatic hydroxyl groups is 1. The van der Waals surface area contributed by atoms with Crippen molar-refractivity contribution in [2.75, 3.05) is 13.2 Å². The number of nitrogens with zero attached hydrogens (tertiary/aromatic N) is 1. The van der Waals surface area contributed by atoms with Crippen molar-refractivity contribution in [2.45, 2.75) is 19.4 Å². The molecule has 2 aromatic carbocycles. The fourth-order valence-electron chi connectivity index (χ4n) is 3.71. The van der Waals surface area contributed by atoms with Crippen LogP contribution in [0, 0.1) is 0 Å². The van der Waals surface area contributed by atoms with Crippen LogP contribution in [0.5, 0.6) is 5.75 Å². The molecule has 0 saturated heterocycles. The number of nitrogens with one attached hydrogen (secondary N) is 1. The second-order valence-corrected chi connectivity index (χ2v) is 6.78. The number of aromatic amines is 1. The molecule has 134 valence electrons. The summed E-state index contributed by atoms with van der Waals surface area (Å²) >= 11 is 6.18. The van der Waals surface area contributed by atoms with Crippen molar-refractivity contribution in [2.24, 2.45) is 0 Å². The number of aromatic nitrogens is 1. The second-order valence-electron chi connectivity index (χ2n) is 6.35. The van der Waals surface area contributed by atoms with E-state index in [2.05, 4.69) is 4.98 Å². The van der Waals surface area contributed by atoms with Gasteiger partial charge in [-0.05, 0) is 54.8 Å². The van der Waals surface area contributed by atoms with Crippen molar-refractivity contribution >= 4 is 28.6 Å². The van der Waals surface area contributed by atoms with Gasteiger partial charge in [0, 0.05) is 28.2 Å². The number of carbonyl (C=O) groups is 1. The number of amides is 1. The maximum Gasteiger partial charge on any atom is 0.410 e. The summed E-state index contributed by atoms with van der Waals surface area (Å²) in [5.41, 5.74) is 3.90. The van der Waals surface area contributed by atoms with Crippen LogP contribution in [0.3, 0.4) is 0 Å². The molecular weight excluding hydrogens is 352 g/mol. The average molecular weight is 371 g/mol. The minimum atomic E-state index is -0.358. The van der Waals surface area contributed by atoms with Crippen molar-refractivity contribution in [1.82, 2.24) is 9.88 Å². The van der Waals surface area contributed by atoms with Crippen molar-refractivity contribution in [3.63, 3.8) is 0 Å². The molecule has 0 spiro atoms. The summed E-state index contributed by atoms with van der Waals surface area (Å²) in [4.78, 5) is 17.7. The first kappa shape index (κ1) is 16.8. The highest BCUT2D eigenvalue weighted by Gasteiger charge is 2.35. The van der Waals surface area contributed by atoms with Gasteiger partial charge in [-0.15, -0.1) is 0 Å². The number of carbonyl (C=O) groups excluding carboxylic acids is 1. The quantitative estimate of drug-likeness (QED) is 0.691. The highest BCUT2D eigenvalue weighted by Crippen LogP contribution is 2.39. The monoisotopic (exact) mass is 370 g/mol. The molecule has 3 aromatic rings. The molecule has 1 aromatic heterocycles. The number of hydrogen-bond donors (Lipinski definition) is 2. The molecular formula is C20H19ClN2O3. The van der Waals surface area contributed by atoms with E-state index in [1.807, 2.05) is 24.3 Å². The smallest absolute Gasteiger partial charge is 0.410 e. The standard InChI is InChI=1S/C20H19ClN2O3/c1-2-26-20(25)23-9-8-15-16-11-13(21)6-7-17(16)22-18(15)19(23)12-4-3-5-14(24)10-12/h3-7,10-11,19,22,24H,2,8-9H2,1H3. The number of hydrogen-bond acceptors (Lipinski definition) is 3. The minimum Gasteiger partial charge on any atom is -0.508 e. The van der Waals surface area contributed by atoms with Gasteiger partial charge < -0.3 is 14.8 Å². The first-order valence-corrected chi connectivity index (χ1v) is 8.98. The van der Waals surface area contributed by atoms with Gasteiger partial charge in [-0.1, -0.05) is 23.7 Å². The fourth-order valence-corrected chi connectivity index (χ4v) is 3.88. The first-order valence-electron chi connectivity index (χ1n) is 8.60. The molecule has 0 fully saturated rings. The Morgan fingerprint density at radius 2 is 2.19 bits per heavy atom. The van der Waals surface area contributed by atoms with Crippen LogP contribution in [0.4, 0.5) is 4.79 Å². The van der Waals surface area contributed by atoms with Crippen molar-refractivity contribution in [1.29, 1.82) is 0 Å². The van der Waals surface area contributed by atoms with E-state index in [1.165, 1.54) is 0 Å². The average Bonchev–Trinajstić information content (AvgIpc) is 2.99. The molecule has 26 heavy (non-hydrogen) atoms. The molecule has 5 nitrogen and oxygen atoms in total. The number of H-pyrrole nitrogens is 1. The number of halogens is 1. The molecule has 0 bridgehead atoms. The number of phenolic OH excluding ortho intramolecular Hbond substituents is 1. The zero-order valence-corrected chi connectivity index (χ0v) is 15.1. The number of rotatable bonds is 2. The lowest BCUT2D eigenvalue weighted by Crippen LogP contribution is -2.40. The van der Waals surface area contributed by atoms with Crippen LogP contribution in [0.15, 0.2) is 42.5 Å². The normalized spacial score (nSPS) is 16.5. The van der Waals surface area contributed by atoms with Crippen LogP contribution >= 0.6 is 11.6 Å². The Morgan fingerprint density at radius 1 is 1.35 bits per heavy atom. The summed E-state index contributed by atoms with van der Waals surface area (Å²) in [6.45, 7) is 2.64. The largest absolute Gasteiger partial charge is 0.508 e. The molecule has 4 rings (SSSR count). The van der Waals surface area contributed by atoms with Crippen molar-refractivity contribution in [3.8, 4) is 5.75 Å². The molecule has 0 saturated carbocycles. The number of ether oxygens (including phenoxy) is 1. The molecule has 1 amide bonds. The fraction of sp³-hybridized carbons (Fsp3) is 0.250. The van der Waals surface area contributed by atoms with Crippen LogP contribution in [-0.2, 0) is 11.2 Å². The molecule has 6 heteroatoms. The number of fused-ring (bicyclic) bond motifs is 3. The molecule has 2 heterocycles. The van der Waals surface area contributed by atoms with E-state index < -0.39 is 0 Å². The Bertz CT molecular complexity index is 982. The Hall–Kier alpha value is -2.66. The highest BCUT2D eigenvalue weighted by molar-refractivity contribution is 6.31. The Morgan fingerprint density at radius 3 is 2.96 bits per heavy atom. The highest BCUT2D eigenvalue weighted by atomic mass is 35.5. The number of phenols is 1. The van der Waals surface area contributed by atoms with E-state index >= 15 is 0 Å². The maximum atomic E-state index is 12.6. The molecule has 1 aliphatic heterocycles. The van der Waals surface area contributed by atoms with Crippen LogP contribution in [0.1, 0.15) is 29.8 Å². The van der Waals surface area contributed by atoms with Crippen LogP contribution < -0.4 is 0 Å². The van der Waals surface area contributed by atoms with Crippen LogP contribution in [0.2, 0.25) is 5.02 Å². The van der Waals surface area contributed by atoms with Gasteiger partial charge in [0.2, 0.25) is 0 Å². The third-order valence-electron chi connectivity index (χ3n) is 4.78. The van der Waals surface area contributed by atoms with E-state index in [-0.39, 0.29) is 17.9 Å². The Balaban J connectivity index is 1.89. The predicted molar refractivity (Wildman–Crippen MR) is 101 cm³/mol. The molecule has 1 unspecified atom stereocenters. The topological polar surface area (TPSA) is 65.6 Å². The summed E-state index contributed by atoms with van der Waals surface area (Å²) in [6.07, 6.45) is 0.354. The van der Waals surface area contributed by atoms with Gasteiger partial charge in [0.05, 0.1) is 6.61 Å². The number of benzene rings is 2. The molecule has 1 aliphatic rings. The SMILES string of the molecule is CCOC(=O)N1CCc2c([nH]c3ccc(Cl)cc23)C1c1cccc(O)c1. The van der Waals surface area contributed by atoms with Gasteiger partial charge in [-0.25, -0.2) is 4.79 Å². The molecule has 0 aliphatic carbocycles. The van der Waals surface area contributed by atoms with Crippen LogP contribution in [-0.4, -0.2) is 34.2 Å². The van der Waals surface area contributed by atoms with Gasteiger partial charge in [0.25, 0.3) is 0 Å². The third kappa shape index (κ3) is 2.78.